The van der Waals surface area contributed by atoms with Gasteiger partial charge in [0.05, 0.1) is 6.54 Å². The second-order valence-corrected chi connectivity index (χ2v) is 4.31. The number of carboxylic acid groups (broad SMARTS) is 1. The van der Waals surface area contributed by atoms with Crippen LogP contribution in [0.5, 0.6) is 0 Å². The highest BCUT2D eigenvalue weighted by molar-refractivity contribution is 5.85. The number of halogens is 1. The van der Waals surface area contributed by atoms with Crippen LogP contribution in [0.2, 0.25) is 0 Å². The van der Waals surface area contributed by atoms with Gasteiger partial charge in [-0.05, 0) is 26.1 Å². The van der Waals surface area contributed by atoms with Gasteiger partial charge in [-0.2, -0.15) is 4.98 Å². The van der Waals surface area contributed by atoms with Crippen LogP contribution in [0.4, 0.5) is 0 Å². The molecule has 0 saturated heterocycles. The van der Waals surface area contributed by atoms with Crippen molar-refractivity contribution in [3.63, 3.8) is 0 Å². The Kier molecular flexibility index (Phi) is 5.66. The SMILES string of the molecule is CC(C(=O)O)N(C)Cc1noc(-c2ccccc2)n1.Cl. The normalized spacial score (nSPS) is 11.9. The number of aromatic nitrogens is 2. The molecular weight excluding hydrogens is 282 g/mol. The van der Waals surface area contributed by atoms with Gasteiger partial charge in [0, 0.05) is 5.56 Å². The average molecular weight is 298 g/mol. The summed E-state index contributed by atoms with van der Waals surface area (Å²) < 4.78 is 5.16. The summed E-state index contributed by atoms with van der Waals surface area (Å²) in [5, 5.41) is 12.8. The van der Waals surface area contributed by atoms with Gasteiger partial charge in [0.2, 0.25) is 0 Å². The largest absolute Gasteiger partial charge is 0.480 e. The molecule has 1 aromatic heterocycles. The Morgan fingerprint density at radius 3 is 2.65 bits per heavy atom. The fourth-order valence-electron chi connectivity index (χ4n) is 1.56. The molecule has 1 aromatic carbocycles. The molecule has 1 atom stereocenters. The van der Waals surface area contributed by atoms with Gasteiger partial charge >= 0.3 is 5.97 Å². The molecule has 0 bridgehead atoms. The van der Waals surface area contributed by atoms with Gasteiger partial charge in [-0.25, -0.2) is 0 Å². The molecule has 108 valence electrons. The van der Waals surface area contributed by atoms with E-state index < -0.39 is 12.0 Å². The quantitative estimate of drug-likeness (QED) is 0.910. The van der Waals surface area contributed by atoms with Crippen LogP contribution in [-0.2, 0) is 11.3 Å². The lowest BCUT2D eigenvalue weighted by molar-refractivity contribution is -0.142. The van der Waals surface area contributed by atoms with E-state index in [1.165, 1.54) is 0 Å². The van der Waals surface area contributed by atoms with Crippen molar-refractivity contribution in [1.29, 1.82) is 0 Å². The molecule has 1 unspecified atom stereocenters. The van der Waals surface area contributed by atoms with Gasteiger partial charge < -0.3 is 9.63 Å². The maximum Gasteiger partial charge on any atom is 0.320 e. The molecule has 0 fully saturated rings. The summed E-state index contributed by atoms with van der Waals surface area (Å²) in [5.74, 6) is 0.0238. The molecule has 0 spiro atoms. The van der Waals surface area contributed by atoms with Crippen molar-refractivity contribution in [2.45, 2.75) is 19.5 Å². The van der Waals surface area contributed by atoms with E-state index in [1.807, 2.05) is 30.3 Å². The average Bonchev–Trinajstić information content (AvgIpc) is 2.87. The molecule has 6 nitrogen and oxygen atoms in total. The Bertz CT molecular complexity index is 559. The van der Waals surface area contributed by atoms with Crippen LogP contribution >= 0.6 is 12.4 Å². The van der Waals surface area contributed by atoms with Crippen LogP contribution in [0.3, 0.4) is 0 Å². The second kappa shape index (κ2) is 7.02. The number of nitrogens with zero attached hydrogens (tertiary/aromatic N) is 3. The standard InChI is InChI=1S/C13H15N3O3.ClH/c1-9(13(17)18)16(2)8-11-14-12(19-15-11)10-6-4-3-5-7-10;/h3-7,9H,8H2,1-2H3,(H,17,18);1H. The Balaban J connectivity index is 0.00000200. The van der Waals surface area contributed by atoms with E-state index in [4.69, 9.17) is 9.63 Å². The Morgan fingerprint density at radius 2 is 2.05 bits per heavy atom. The molecule has 7 heteroatoms. The predicted molar refractivity (Wildman–Crippen MR) is 75.5 cm³/mol. The molecule has 0 amide bonds. The fraction of sp³-hybridized carbons (Fsp3) is 0.308. The summed E-state index contributed by atoms with van der Waals surface area (Å²) in [4.78, 5) is 16.7. The van der Waals surface area contributed by atoms with Crippen LogP contribution in [-0.4, -0.2) is 39.2 Å². The number of carboxylic acids is 1. The lowest BCUT2D eigenvalue weighted by atomic mass is 10.2. The van der Waals surface area contributed by atoms with Crippen molar-refractivity contribution in [3.05, 3.63) is 36.2 Å². The highest BCUT2D eigenvalue weighted by atomic mass is 35.5. The van der Waals surface area contributed by atoms with Crippen molar-refractivity contribution < 1.29 is 14.4 Å². The lowest BCUT2D eigenvalue weighted by Crippen LogP contribution is -2.35. The zero-order chi connectivity index (χ0) is 13.8. The first-order chi connectivity index (χ1) is 9.08. The van der Waals surface area contributed by atoms with E-state index in [2.05, 4.69) is 10.1 Å². The highest BCUT2D eigenvalue weighted by Crippen LogP contribution is 2.16. The molecular formula is C13H16ClN3O3. The van der Waals surface area contributed by atoms with Gasteiger partial charge in [0.1, 0.15) is 6.04 Å². The van der Waals surface area contributed by atoms with Crippen LogP contribution in [0.1, 0.15) is 12.7 Å². The molecule has 0 aliphatic heterocycles. The monoisotopic (exact) mass is 297 g/mol. The van der Waals surface area contributed by atoms with E-state index in [-0.39, 0.29) is 12.4 Å². The van der Waals surface area contributed by atoms with Gasteiger partial charge in [-0.3, -0.25) is 9.69 Å². The minimum Gasteiger partial charge on any atom is -0.480 e. The first kappa shape index (κ1) is 16.1. The molecule has 20 heavy (non-hydrogen) atoms. The molecule has 0 saturated carbocycles. The van der Waals surface area contributed by atoms with Crippen LogP contribution < -0.4 is 0 Å². The number of hydrogen-bond donors (Lipinski definition) is 1. The van der Waals surface area contributed by atoms with E-state index >= 15 is 0 Å². The van der Waals surface area contributed by atoms with Crippen molar-refractivity contribution in [2.24, 2.45) is 0 Å². The van der Waals surface area contributed by atoms with Crippen molar-refractivity contribution in [1.82, 2.24) is 15.0 Å². The second-order valence-electron chi connectivity index (χ2n) is 4.31. The summed E-state index contributed by atoms with van der Waals surface area (Å²) in [5.41, 5.74) is 0.843. The first-order valence-corrected chi connectivity index (χ1v) is 5.89. The third kappa shape index (κ3) is 3.79. The topological polar surface area (TPSA) is 79.5 Å². The number of rotatable bonds is 5. The van der Waals surface area contributed by atoms with Crippen LogP contribution in [0.15, 0.2) is 34.9 Å². The van der Waals surface area contributed by atoms with E-state index in [0.29, 0.717) is 18.3 Å². The summed E-state index contributed by atoms with van der Waals surface area (Å²) >= 11 is 0. The minimum atomic E-state index is -0.880. The zero-order valence-electron chi connectivity index (χ0n) is 11.2. The predicted octanol–water partition coefficient (Wildman–Crippen LogP) is 2.06. The van der Waals surface area contributed by atoms with Crippen molar-refractivity contribution >= 4 is 18.4 Å². The summed E-state index contributed by atoms with van der Waals surface area (Å²) in [7, 11) is 1.71. The maximum absolute atomic E-state index is 10.9. The molecule has 0 aliphatic carbocycles. The molecule has 2 aromatic rings. The smallest absolute Gasteiger partial charge is 0.320 e. The number of hydrogen-bond acceptors (Lipinski definition) is 5. The summed E-state index contributed by atoms with van der Waals surface area (Å²) in [6.07, 6.45) is 0. The van der Waals surface area contributed by atoms with Crippen LogP contribution in [0.25, 0.3) is 11.5 Å². The Morgan fingerprint density at radius 1 is 1.40 bits per heavy atom. The number of carbonyl (C=O) groups is 1. The Hall–Kier alpha value is -1.92. The fourth-order valence-corrected chi connectivity index (χ4v) is 1.56. The van der Waals surface area contributed by atoms with E-state index in [9.17, 15) is 4.79 Å². The maximum atomic E-state index is 10.9. The summed E-state index contributed by atoms with van der Waals surface area (Å²) in [6.45, 7) is 1.93. The van der Waals surface area contributed by atoms with Gasteiger partial charge in [0.15, 0.2) is 5.82 Å². The molecule has 2 rings (SSSR count). The molecule has 1 N–H and O–H groups in total. The van der Waals surface area contributed by atoms with E-state index in [0.717, 1.165) is 5.56 Å². The highest BCUT2D eigenvalue weighted by Gasteiger charge is 2.19. The zero-order valence-corrected chi connectivity index (χ0v) is 12.0. The van der Waals surface area contributed by atoms with E-state index in [1.54, 1.807) is 18.9 Å². The first-order valence-electron chi connectivity index (χ1n) is 5.89. The molecule has 0 radical (unpaired) electrons. The van der Waals surface area contributed by atoms with Gasteiger partial charge in [0.25, 0.3) is 5.89 Å². The van der Waals surface area contributed by atoms with Crippen molar-refractivity contribution in [3.8, 4) is 11.5 Å². The lowest BCUT2D eigenvalue weighted by Gasteiger charge is -2.18. The third-order valence-corrected chi connectivity index (χ3v) is 2.90. The number of likely N-dealkylation sites (N-methyl/N-ethyl adjacent to an activating group) is 1. The van der Waals surface area contributed by atoms with Crippen LogP contribution in [0, 0.1) is 0 Å². The number of aliphatic carboxylic acids is 1. The Labute approximate surface area is 122 Å². The number of benzene rings is 1. The summed E-state index contributed by atoms with van der Waals surface area (Å²) in [6, 6.07) is 8.83. The van der Waals surface area contributed by atoms with Crippen molar-refractivity contribution in [2.75, 3.05) is 7.05 Å². The minimum absolute atomic E-state index is 0. The molecule has 0 aliphatic rings. The molecule has 1 heterocycles. The van der Waals surface area contributed by atoms with Gasteiger partial charge in [-0.1, -0.05) is 23.4 Å². The third-order valence-electron chi connectivity index (χ3n) is 2.90. The van der Waals surface area contributed by atoms with Gasteiger partial charge in [-0.15, -0.1) is 12.4 Å².